The maximum absolute atomic E-state index is 11.6. The molecule has 1 saturated heterocycles. The largest absolute Gasteiger partial charge is 0.493 e. The maximum Gasteiger partial charge on any atom is 0.223 e. The fourth-order valence-electron chi connectivity index (χ4n) is 1.95. The predicted octanol–water partition coefficient (Wildman–Crippen LogP) is 2.05. The van der Waals surface area contributed by atoms with E-state index >= 15 is 0 Å². The van der Waals surface area contributed by atoms with E-state index in [0.717, 1.165) is 12.3 Å². The number of nitrogens with two attached hydrogens (primary N) is 1. The van der Waals surface area contributed by atoms with Crippen molar-refractivity contribution in [2.24, 2.45) is 0 Å². The van der Waals surface area contributed by atoms with E-state index in [4.69, 9.17) is 10.5 Å². The average Bonchev–Trinajstić information content (AvgIpc) is 2.92. The van der Waals surface area contributed by atoms with Crippen LogP contribution in [-0.4, -0.2) is 30.1 Å². The van der Waals surface area contributed by atoms with Crippen molar-refractivity contribution in [2.75, 3.05) is 24.6 Å². The number of thioether (sulfide) groups is 1. The first-order valence-corrected chi connectivity index (χ1v) is 7.65. The van der Waals surface area contributed by atoms with E-state index in [-0.39, 0.29) is 5.91 Å². The minimum atomic E-state index is 0.0583. The first-order chi connectivity index (χ1) is 9.24. The molecule has 104 valence electrons. The van der Waals surface area contributed by atoms with Gasteiger partial charge in [0.15, 0.2) is 0 Å². The molecule has 0 spiro atoms. The Morgan fingerprint density at radius 3 is 2.89 bits per heavy atom. The lowest BCUT2D eigenvalue weighted by atomic mass is 10.2. The van der Waals surface area contributed by atoms with Gasteiger partial charge in [-0.25, -0.2) is 0 Å². The summed E-state index contributed by atoms with van der Waals surface area (Å²) in [6, 6.07) is 7.18. The average molecular weight is 280 g/mol. The SMILES string of the molecule is Nc1ccc(OCCC(=O)NCC2CCCS2)cc1. The van der Waals surface area contributed by atoms with Crippen LogP contribution in [0.5, 0.6) is 5.75 Å². The van der Waals surface area contributed by atoms with Crippen LogP contribution in [0.3, 0.4) is 0 Å². The van der Waals surface area contributed by atoms with Gasteiger partial charge in [0.05, 0.1) is 13.0 Å². The third-order valence-corrected chi connectivity index (χ3v) is 4.43. The highest BCUT2D eigenvalue weighted by Gasteiger charge is 2.15. The summed E-state index contributed by atoms with van der Waals surface area (Å²) in [5.74, 6) is 2.03. The van der Waals surface area contributed by atoms with Crippen LogP contribution in [0.15, 0.2) is 24.3 Å². The molecule has 1 aromatic rings. The van der Waals surface area contributed by atoms with Crippen molar-refractivity contribution in [3.8, 4) is 5.75 Å². The Balaban J connectivity index is 1.59. The molecule has 0 radical (unpaired) electrons. The Morgan fingerprint density at radius 1 is 1.42 bits per heavy atom. The summed E-state index contributed by atoms with van der Waals surface area (Å²) in [5.41, 5.74) is 6.29. The van der Waals surface area contributed by atoms with Gasteiger partial charge in [0.2, 0.25) is 5.91 Å². The quantitative estimate of drug-likeness (QED) is 0.783. The molecule has 1 fully saturated rings. The van der Waals surface area contributed by atoms with Gasteiger partial charge < -0.3 is 15.8 Å². The molecule has 0 saturated carbocycles. The number of ether oxygens (including phenoxy) is 1. The summed E-state index contributed by atoms with van der Waals surface area (Å²) in [5, 5.41) is 3.56. The standard InChI is InChI=1S/C14H20N2O2S/c15-11-3-5-12(6-4-11)18-8-7-14(17)16-10-13-2-1-9-19-13/h3-6,13H,1-2,7-10,15H2,(H,16,17). The summed E-state index contributed by atoms with van der Waals surface area (Å²) in [4.78, 5) is 11.6. The maximum atomic E-state index is 11.6. The highest BCUT2D eigenvalue weighted by atomic mass is 32.2. The lowest BCUT2D eigenvalue weighted by Gasteiger charge is -2.10. The molecular weight excluding hydrogens is 260 g/mol. The van der Waals surface area contributed by atoms with Gasteiger partial charge in [-0.2, -0.15) is 11.8 Å². The summed E-state index contributed by atoms with van der Waals surface area (Å²) in [6.45, 7) is 1.18. The highest BCUT2D eigenvalue weighted by molar-refractivity contribution is 8.00. The molecule has 0 bridgehead atoms. The molecule has 0 aliphatic carbocycles. The monoisotopic (exact) mass is 280 g/mol. The van der Waals surface area contributed by atoms with E-state index < -0.39 is 0 Å². The van der Waals surface area contributed by atoms with Crippen molar-refractivity contribution >= 4 is 23.4 Å². The van der Waals surface area contributed by atoms with Crippen LogP contribution in [-0.2, 0) is 4.79 Å². The Bertz CT molecular complexity index is 402. The number of nitrogen functional groups attached to an aromatic ring is 1. The lowest BCUT2D eigenvalue weighted by Crippen LogP contribution is -2.30. The molecule has 1 unspecified atom stereocenters. The van der Waals surface area contributed by atoms with Crippen molar-refractivity contribution < 1.29 is 9.53 Å². The van der Waals surface area contributed by atoms with Crippen LogP contribution < -0.4 is 15.8 Å². The molecular formula is C14H20N2O2S. The van der Waals surface area contributed by atoms with Crippen LogP contribution in [0.4, 0.5) is 5.69 Å². The van der Waals surface area contributed by atoms with E-state index in [1.165, 1.54) is 18.6 Å². The number of rotatable bonds is 6. The van der Waals surface area contributed by atoms with Crippen molar-refractivity contribution in [1.29, 1.82) is 0 Å². The highest BCUT2D eigenvalue weighted by Crippen LogP contribution is 2.25. The summed E-state index contributed by atoms with van der Waals surface area (Å²) in [6.07, 6.45) is 2.88. The zero-order chi connectivity index (χ0) is 13.5. The second-order valence-electron chi connectivity index (χ2n) is 4.61. The van der Waals surface area contributed by atoms with Gasteiger partial charge in [0.1, 0.15) is 5.75 Å². The lowest BCUT2D eigenvalue weighted by molar-refractivity contribution is -0.121. The molecule has 1 aliphatic heterocycles. The number of hydrogen-bond donors (Lipinski definition) is 2. The van der Waals surface area contributed by atoms with Crippen molar-refractivity contribution in [3.63, 3.8) is 0 Å². The Kier molecular flexibility index (Phi) is 5.39. The zero-order valence-corrected chi connectivity index (χ0v) is 11.7. The molecule has 2 rings (SSSR count). The molecule has 1 aliphatic rings. The zero-order valence-electron chi connectivity index (χ0n) is 10.9. The van der Waals surface area contributed by atoms with Crippen molar-refractivity contribution in [1.82, 2.24) is 5.32 Å². The van der Waals surface area contributed by atoms with Crippen LogP contribution in [0.2, 0.25) is 0 Å². The number of carbonyl (C=O) groups excluding carboxylic acids is 1. The normalized spacial score (nSPS) is 18.2. The molecule has 19 heavy (non-hydrogen) atoms. The van der Waals surface area contributed by atoms with E-state index in [0.29, 0.717) is 24.0 Å². The minimum absolute atomic E-state index is 0.0583. The van der Waals surface area contributed by atoms with Gasteiger partial charge in [0, 0.05) is 17.5 Å². The van der Waals surface area contributed by atoms with E-state index in [9.17, 15) is 4.79 Å². The molecule has 1 heterocycles. The smallest absolute Gasteiger partial charge is 0.223 e. The summed E-state index contributed by atoms with van der Waals surface area (Å²) >= 11 is 1.95. The number of benzene rings is 1. The van der Waals surface area contributed by atoms with Crippen molar-refractivity contribution in [2.45, 2.75) is 24.5 Å². The van der Waals surface area contributed by atoms with Crippen molar-refractivity contribution in [3.05, 3.63) is 24.3 Å². The summed E-state index contributed by atoms with van der Waals surface area (Å²) in [7, 11) is 0. The molecule has 0 aromatic heterocycles. The fourth-order valence-corrected chi connectivity index (χ4v) is 3.15. The second kappa shape index (κ2) is 7.28. The van der Waals surface area contributed by atoms with Crippen LogP contribution >= 0.6 is 11.8 Å². The number of hydrogen-bond acceptors (Lipinski definition) is 4. The molecule has 3 N–H and O–H groups in total. The minimum Gasteiger partial charge on any atom is -0.493 e. The van der Waals surface area contributed by atoms with Crippen LogP contribution in [0.1, 0.15) is 19.3 Å². The Morgan fingerprint density at radius 2 is 2.21 bits per heavy atom. The topological polar surface area (TPSA) is 64.3 Å². The predicted molar refractivity (Wildman–Crippen MR) is 79.5 cm³/mol. The summed E-state index contributed by atoms with van der Waals surface area (Å²) < 4.78 is 5.48. The number of carbonyl (C=O) groups is 1. The van der Waals surface area contributed by atoms with Gasteiger partial charge in [-0.1, -0.05) is 0 Å². The van der Waals surface area contributed by atoms with Gasteiger partial charge >= 0.3 is 0 Å². The number of anilines is 1. The number of amides is 1. The Hall–Kier alpha value is -1.36. The first-order valence-electron chi connectivity index (χ1n) is 6.60. The molecule has 4 nitrogen and oxygen atoms in total. The third kappa shape index (κ3) is 5.03. The van der Waals surface area contributed by atoms with E-state index in [2.05, 4.69) is 5.32 Å². The van der Waals surface area contributed by atoms with Gasteiger partial charge in [-0.15, -0.1) is 0 Å². The second-order valence-corrected chi connectivity index (χ2v) is 6.01. The fraction of sp³-hybridized carbons (Fsp3) is 0.500. The van der Waals surface area contributed by atoms with E-state index in [1.54, 1.807) is 12.1 Å². The van der Waals surface area contributed by atoms with Gasteiger partial charge in [0.25, 0.3) is 0 Å². The van der Waals surface area contributed by atoms with Gasteiger partial charge in [-0.3, -0.25) is 4.79 Å². The van der Waals surface area contributed by atoms with E-state index in [1.807, 2.05) is 23.9 Å². The molecule has 5 heteroatoms. The Labute approximate surface area is 118 Å². The molecule has 1 atom stereocenters. The number of nitrogens with one attached hydrogen (secondary N) is 1. The van der Waals surface area contributed by atoms with Crippen LogP contribution in [0, 0.1) is 0 Å². The third-order valence-electron chi connectivity index (χ3n) is 3.03. The van der Waals surface area contributed by atoms with Gasteiger partial charge in [-0.05, 0) is 42.9 Å². The molecule has 1 aromatic carbocycles. The first kappa shape index (κ1) is 14.1. The van der Waals surface area contributed by atoms with Crippen LogP contribution in [0.25, 0.3) is 0 Å². The molecule has 1 amide bonds.